The summed E-state index contributed by atoms with van der Waals surface area (Å²) >= 11 is 0. The standard InChI is InChI=1S/C56H78N10O15/c1-35(2)49(62-45(68)23-22-42(51(73)63-56(5,6)27-32-78-36(3)4)60-44(67)14-10-9-11-29-66-46(69)24-25-47(66)70)52(74)61-41(13-12-28-58-53(57)75)50(72)59-39-19-15-37(16-20-39)34-79-54(76)64(7)30-31-65(8)55(77)80-40-21-17-38-18-26-48(71)81-43(38)33-40/h15-21,24-26,33,35-36,41-42,49H,9-14,22-23,27-32,34H2,1-8H3,(H,59,72)(H,60,67)(H,61,74)(H,62,68)(H,63,73)(H3,57,58,75)/t41-,42?,49?/m0/s1. The highest BCUT2D eigenvalue weighted by atomic mass is 16.6. The van der Waals surface area contributed by atoms with Crippen molar-refractivity contribution in [2.75, 3.05) is 52.2 Å². The number of primary amides is 1. The van der Waals surface area contributed by atoms with Crippen LogP contribution in [0.2, 0.25) is 0 Å². The van der Waals surface area contributed by atoms with Crippen LogP contribution in [0, 0.1) is 5.92 Å². The van der Waals surface area contributed by atoms with Crippen molar-refractivity contribution in [3.05, 3.63) is 82.7 Å². The Morgan fingerprint density at radius 1 is 0.716 bits per heavy atom. The number of ether oxygens (including phenoxy) is 3. The fourth-order valence-electron chi connectivity index (χ4n) is 7.99. The second-order valence-electron chi connectivity index (χ2n) is 20.9. The first-order valence-corrected chi connectivity index (χ1v) is 26.9. The molecule has 0 fully saturated rings. The molecule has 2 heterocycles. The second-order valence-corrected chi connectivity index (χ2v) is 20.9. The van der Waals surface area contributed by atoms with Crippen LogP contribution in [-0.2, 0) is 49.6 Å². The number of urea groups is 1. The number of nitrogens with zero attached hydrogens (tertiary/aromatic N) is 3. The normalized spacial score (nSPS) is 13.3. The summed E-state index contributed by atoms with van der Waals surface area (Å²) < 4.78 is 21.7. The zero-order valence-electron chi connectivity index (χ0n) is 47.4. The molecule has 0 radical (unpaired) electrons. The molecule has 11 amide bonds. The molecule has 3 atom stereocenters. The number of hydrogen-bond donors (Lipinski definition) is 7. The minimum absolute atomic E-state index is 0.0256. The summed E-state index contributed by atoms with van der Waals surface area (Å²) in [5.41, 5.74) is 5.11. The number of carbonyl (C=O) groups excluding carboxylic acids is 10. The molecular formula is C56H78N10O15. The Hall–Kier alpha value is -8.35. The average molecular weight is 1130 g/mol. The van der Waals surface area contributed by atoms with Gasteiger partial charge in [0.05, 0.1) is 6.10 Å². The second kappa shape index (κ2) is 32.0. The van der Waals surface area contributed by atoms with Gasteiger partial charge in [0.25, 0.3) is 11.8 Å². The highest BCUT2D eigenvalue weighted by Crippen LogP contribution is 2.21. The van der Waals surface area contributed by atoms with Gasteiger partial charge < -0.3 is 66.1 Å². The number of fused-ring (bicyclic) bond motifs is 1. The highest BCUT2D eigenvalue weighted by molar-refractivity contribution is 6.12. The van der Waals surface area contributed by atoms with E-state index < -0.39 is 83.0 Å². The fraction of sp³-hybridized carbons (Fsp3) is 0.518. The van der Waals surface area contributed by atoms with E-state index >= 15 is 0 Å². The van der Waals surface area contributed by atoms with E-state index in [1.54, 1.807) is 56.3 Å². The molecule has 0 saturated carbocycles. The maximum absolute atomic E-state index is 14.0. The molecule has 442 valence electrons. The summed E-state index contributed by atoms with van der Waals surface area (Å²) in [6.07, 6.45) is 2.78. The lowest BCUT2D eigenvalue weighted by Gasteiger charge is -2.29. The smallest absolute Gasteiger partial charge is 0.415 e. The third-order valence-electron chi connectivity index (χ3n) is 12.8. The van der Waals surface area contributed by atoms with Gasteiger partial charge in [-0.05, 0) is 108 Å². The van der Waals surface area contributed by atoms with Crippen LogP contribution in [-0.4, -0.2) is 151 Å². The average Bonchev–Trinajstić information content (AvgIpc) is 3.72. The van der Waals surface area contributed by atoms with Crippen molar-refractivity contribution in [3.8, 4) is 5.75 Å². The Morgan fingerprint density at radius 2 is 1.36 bits per heavy atom. The van der Waals surface area contributed by atoms with Crippen LogP contribution in [0.1, 0.15) is 105 Å². The molecule has 8 N–H and O–H groups in total. The van der Waals surface area contributed by atoms with Crippen LogP contribution in [0.4, 0.5) is 20.1 Å². The zero-order chi connectivity index (χ0) is 59.8. The van der Waals surface area contributed by atoms with Gasteiger partial charge >= 0.3 is 23.8 Å². The molecule has 0 aliphatic carbocycles. The SMILES string of the molecule is CC(C)OCCC(C)(C)NC(=O)C(CCC(=O)NC(C(=O)N[C@@H](CCCNC(N)=O)C(=O)Nc1ccc(COC(=O)N(C)CCN(C)C(=O)Oc2ccc3ccc(=O)oc3c2)cc1)C(C)C)NC(=O)CCCCCN1C(=O)C=CC1=O. The van der Waals surface area contributed by atoms with E-state index in [4.69, 9.17) is 24.4 Å². The molecule has 4 rings (SSSR count). The number of benzene rings is 2. The fourth-order valence-corrected chi connectivity index (χ4v) is 7.99. The lowest BCUT2D eigenvalue weighted by Crippen LogP contribution is -2.55. The van der Waals surface area contributed by atoms with E-state index in [9.17, 15) is 52.7 Å². The van der Waals surface area contributed by atoms with Crippen LogP contribution in [0.25, 0.3) is 11.0 Å². The lowest BCUT2D eigenvalue weighted by atomic mass is 9.99. The third-order valence-corrected chi connectivity index (χ3v) is 12.8. The van der Waals surface area contributed by atoms with Crippen molar-refractivity contribution < 1.29 is 66.6 Å². The molecule has 1 aromatic heterocycles. The zero-order valence-corrected chi connectivity index (χ0v) is 47.4. The predicted molar refractivity (Wildman–Crippen MR) is 298 cm³/mol. The van der Waals surface area contributed by atoms with E-state index in [2.05, 4.69) is 31.9 Å². The van der Waals surface area contributed by atoms with Crippen LogP contribution in [0.5, 0.6) is 5.75 Å². The first kappa shape index (κ1) is 65.2. The van der Waals surface area contributed by atoms with Crippen molar-refractivity contribution in [2.24, 2.45) is 11.7 Å². The number of carbonyl (C=O) groups is 10. The quantitative estimate of drug-likeness (QED) is 0.0264. The topological polar surface area (TPSA) is 337 Å². The number of unbranched alkanes of at least 4 members (excludes halogenated alkanes) is 2. The minimum Gasteiger partial charge on any atom is -0.445 e. The van der Waals surface area contributed by atoms with E-state index in [-0.39, 0.29) is 94.1 Å². The van der Waals surface area contributed by atoms with Crippen molar-refractivity contribution in [1.82, 2.24) is 41.3 Å². The molecule has 25 nitrogen and oxygen atoms in total. The van der Waals surface area contributed by atoms with E-state index in [0.29, 0.717) is 48.9 Å². The summed E-state index contributed by atoms with van der Waals surface area (Å²) in [4.78, 5) is 144. The molecule has 0 saturated heterocycles. The minimum atomic E-state index is -1.16. The molecule has 81 heavy (non-hydrogen) atoms. The van der Waals surface area contributed by atoms with Crippen LogP contribution < -0.4 is 48.0 Å². The molecule has 0 spiro atoms. The monoisotopic (exact) mass is 1130 g/mol. The van der Waals surface area contributed by atoms with Crippen LogP contribution >= 0.6 is 0 Å². The summed E-state index contributed by atoms with van der Waals surface area (Å²) in [6, 6.07) is 9.66. The molecule has 1 aliphatic heterocycles. The van der Waals surface area contributed by atoms with Crippen molar-refractivity contribution in [1.29, 1.82) is 0 Å². The number of amides is 11. The lowest BCUT2D eigenvalue weighted by molar-refractivity contribution is -0.137. The summed E-state index contributed by atoms with van der Waals surface area (Å²) in [6.45, 7) is 11.5. The van der Waals surface area contributed by atoms with Crippen molar-refractivity contribution in [2.45, 2.75) is 136 Å². The first-order chi connectivity index (χ1) is 38.3. The van der Waals surface area contributed by atoms with Crippen molar-refractivity contribution in [3.63, 3.8) is 0 Å². The van der Waals surface area contributed by atoms with Gasteiger partial charge in [-0.3, -0.25) is 38.5 Å². The third kappa shape index (κ3) is 23.1. The van der Waals surface area contributed by atoms with Crippen LogP contribution in [0.15, 0.2) is 76.0 Å². The maximum atomic E-state index is 14.0. The largest absolute Gasteiger partial charge is 0.445 e. The molecule has 3 aromatic rings. The van der Waals surface area contributed by atoms with Gasteiger partial charge in [-0.1, -0.05) is 32.4 Å². The molecule has 25 heteroatoms. The van der Waals surface area contributed by atoms with E-state index in [1.807, 2.05) is 27.7 Å². The molecule has 1 aliphatic rings. The number of nitrogens with one attached hydrogen (secondary N) is 6. The molecule has 2 aromatic carbocycles. The number of rotatable bonds is 32. The Balaban J connectivity index is 1.31. The highest BCUT2D eigenvalue weighted by Gasteiger charge is 2.32. The van der Waals surface area contributed by atoms with Gasteiger partial charge in [0.15, 0.2) is 0 Å². The Bertz CT molecular complexity index is 2760. The summed E-state index contributed by atoms with van der Waals surface area (Å²) in [5.74, 6) is -3.97. The van der Waals surface area contributed by atoms with Gasteiger partial charge in [0.1, 0.15) is 36.1 Å². The van der Waals surface area contributed by atoms with Crippen LogP contribution in [0.3, 0.4) is 0 Å². The first-order valence-electron chi connectivity index (χ1n) is 26.9. The van der Waals surface area contributed by atoms with Crippen molar-refractivity contribution >= 4 is 76.2 Å². The van der Waals surface area contributed by atoms with Gasteiger partial charge in [-0.2, -0.15) is 0 Å². The number of anilines is 1. The maximum Gasteiger partial charge on any atom is 0.415 e. The Kier molecular flexibility index (Phi) is 25.8. The Morgan fingerprint density at radius 3 is 2.01 bits per heavy atom. The van der Waals surface area contributed by atoms with E-state index in [0.717, 1.165) is 4.90 Å². The van der Waals surface area contributed by atoms with Gasteiger partial charge in [-0.25, -0.2) is 19.2 Å². The van der Waals surface area contributed by atoms with E-state index in [1.165, 1.54) is 48.2 Å². The summed E-state index contributed by atoms with van der Waals surface area (Å²) in [7, 11) is 2.99. The number of imide groups is 1. The molecule has 2 unspecified atom stereocenters. The Labute approximate surface area is 470 Å². The van der Waals surface area contributed by atoms with Gasteiger partial charge in [-0.15, -0.1) is 0 Å². The number of nitrogens with two attached hydrogens (primary N) is 1. The molecular weight excluding hydrogens is 1050 g/mol. The number of hydrogen-bond acceptors (Lipinski definition) is 15. The molecule has 0 bridgehead atoms. The van der Waals surface area contributed by atoms with Gasteiger partial charge in [0.2, 0.25) is 29.5 Å². The van der Waals surface area contributed by atoms with Gasteiger partial charge in [0, 0.05) is 101 Å². The predicted octanol–water partition coefficient (Wildman–Crippen LogP) is 3.97. The summed E-state index contributed by atoms with van der Waals surface area (Å²) in [5, 5.41) is 17.0. The number of likely N-dealkylation sites (N-methyl/N-ethyl adjacent to an activating group) is 2.